The molecule has 0 saturated heterocycles. The minimum Gasteiger partial charge on any atom is -0.282 e. The van der Waals surface area contributed by atoms with E-state index in [-0.39, 0.29) is 10.6 Å². The van der Waals surface area contributed by atoms with E-state index in [1.54, 1.807) is 12.1 Å². The van der Waals surface area contributed by atoms with Crippen LogP contribution in [-0.4, -0.2) is 24.9 Å². The van der Waals surface area contributed by atoms with Crippen LogP contribution in [0.1, 0.15) is 0 Å². The molecule has 142 valence electrons. The van der Waals surface area contributed by atoms with Gasteiger partial charge in [0, 0.05) is 30.0 Å². The molecular weight excluding hydrogens is 386 g/mol. The molecule has 0 aliphatic carbocycles. The molecule has 0 radical (unpaired) electrons. The first-order valence-electron chi connectivity index (χ1n) is 7.80. The summed E-state index contributed by atoms with van der Waals surface area (Å²) >= 11 is 0. The maximum atomic E-state index is 11.4. The van der Waals surface area contributed by atoms with Crippen molar-refractivity contribution in [1.82, 2.24) is 0 Å². The van der Waals surface area contributed by atoms with Crippen molar-refractivity contribution < 1.29 is 17.9 Å². The van der Waals surface area contributed by atoms with E-state index in [0.717, 1.165) is 0 Å². The van der Waals surface area contributed by atoms with Crippen LogP contribution in [0.4, 0.5) is 22.7 Å². The van der Waals surface area contributed by atoms with Crippen LogP contribution in [0.3, 0.4) is 0 Å². The first-order chi connectivity index (χ1) is 13.3. The van der Waals surface area contributed by atoms with Crippen LogP contribution in [0.25, 0.3) is 10.8 Å². The van der Waals surface area contributed by atoms with Gasteiger partial charge in [-0.05, 0) is 36.4 Å². The minimum atomic E-state index is -4.39. The third kappa shape index (κ3) is 4.05. The van der Waals surface area contributed by atoms with Crippen LogP contribution in [-0.2, 0) is 10.1 Å². The van der Waals surface area contributed by atoms with Gasteiger partial charge in [-0.25, -0.2) is 0 Å². The maximum Gasteiger partial charge on any atom is 0.294 e. The molecule has 3 aromatic carbocycles. The number of nitrogens with zero attached hydrogens (tertiary/aromatic N) is 5. The van der Waals surface area contributed by atoms with Gasteiger partial charge in [0.15, 0.2) is 0 Å². The van der Waals surface area contributed by atoms with Crippen molar-refractivity contribution in [3.05, 3.63) is 64.7 Å². The Balaban J connectivity index is 2.08. The van der Waals surface area contributed by atoms with Crippen LogP contribution in [0.2, 0.25) is 0 Å². The molecule has 3 rings (SSSR count). The van der Waals surface area contributed by atoms with E-state index in [9.17, 15) is 23.1 Å². The predicted molar refractivity (Wildman–Crippen MR) is 101 cm³/mol. The molecule has 0 fully saturated rings. The Morgan fingerprint density at radius 3 is 2.11 bits per heavy atom. The number of rotatable bonds is 5. The summed E-state index contributed by atoms with van der Waals surface area (Å²) in [6, 6.07) is 12.8. The van der Waals surface area contributed by atoms with Gasteiger partial charge in [-0.15, -0.1) is 5.11 Å². The molecule has 0 aliphatic rings. The van der Waals surface area contributed by atoms with Crippen molar-refractivity contribution in [3.63, 3.8) is 0 Å². The first-order valence-corrected chi connectivity index (χ1v) is 9.24. The molecule has 0 aliphatic heterocycles. The van der Waals surface area contributed by atoms with E-state index in [2.05, 4.69) is 20.5 Å². The molecule has 11 heteroatoms. The highest BCUT2D eigenvalue weighted by molar-refractivity contribution is 7.85. The normalized spacial score (nSPS) is 12.2. The number of fused-ring (bicyclic) bond motifs is 1. The summed E-state index contributed by atoms with van der Waals surface area (Å²) in [5, 5.41) is 27.5. The summed E-state index contributed by atoms with van der Waals surface area (Å²) in [4.78, 5) is 9.90. The van der Waals surface area contributed by atoms with Crippen molar-refractivity contribution in [2.75, 3.05) is 7.05 Å². The van der Waals surface area contributed by atoms with Gasteiger partial charge in [0.1, 0.15) is 0 Å². The van der Waals surface area contributed by atoms with Crippen molar-refractivity contribution in [3.8, 4) is 0 Å². The number of hydrogen-bond donors (Lipinski definition) is 1. The lowest BCUT2D eigenvalue weighted by atomic mass is 10.1. The number of hydrogen-bond acceptors (Lipinski definition) is 8. The average molecular weight is 399 g/mol. The van der Waals surface area contributed by atoms with Crippen molar-refractivity contribution in [2.24, 2.45) is 20.5 Å². The van der Waals surface area contributed by atoms with E-state index in [4.69, 9.17) is 0 Å². The zero-order chi connectivity index (χ0) is 20.3. The molecule has 0 amide bonds. The monoisotopic (exact) mass is 399 g/mol. The van der Waals surface area contributed by atoms with E-state index in [0.29, 0.717) is 27.8 Å². The Bertz CT molecular complexity index is 1220. The third-order valence-corrected chi connectivity index (χ3v) is 4.63. The molecule has 28 heavy (non-hydrogen) atoms. The van der Waals surface area contributed by atoms with E-state index < -0.39 is 15.0 Å². The molecule has 0 atom stereocenters. The highest BCUT2D eigenvalue weighted by Crippen LogP contribution is 2.36. The highest BCUT2D eigenvalue weighted by Gasteiger charge is 2.13. The van der Waals surface area contributed by atoms with Crippen LogP contribution in [0, 0.1) is 10.1 Å². The molecule has 0 unspecified atom stereocenters. The standard InChI is InChI=1S/C17H13N5O5S/c1-18-20-17-9-8-16(14-7-6-13(10-15(14)17)28(25,26)27)21-19-11-2-4-12(5-3-11)22(23)24/h2-10H,1H3,(H,25,26,27). The minimum absolute atomic E-state index is 0.0589. The zero-order valence-corrected chi connectivity index (χ0v) is 15.2. The number of nitro groups is 1. The van der Waals surface area contributed by atoms with Gasteiger partial charge in [0.05, 0.1) is 26.9 Å². The Morgan fingerprint density at radius 1 is 0.893 bits per heavy atom. The van der Waals surface area contributed by atoms with Gasteiger partial charge in [-0.1, -0.05) is 6.07 Å². The van der Waals surface area contributed by atoms with E-state index >= 15 is 0 Å². The van der Waals surface area contributed by atoms with Crippen molar-refractivity contribution in [2.45, 2.75) is 4.90 Å². The van der Waals surface area contributed by atoms with Crippen LogP contribution in [0.15, 0.2) is 79.9 Å². The zero-order valence-electron chi connectivity index (χ0n) is 14.4. The van der Waals surface area contributed by atoms with Crippen LogP contribution < -0.4 is 0 Å². The smallest absolute Gasteiger partial charge is 0.282 e. The summed E-state index contributed by atoms with van der Waals surface area (Å²) in [6.07, 6.45) is 0. The quantitative estimate of drug-likeness (QED) is 0.273. The average Bonchev–Trinajstić information content (AvgIpc) is 2.66. The second-order valence-corrected chi connectivity index (χ2v) is 6.98. The summed E-state index contributed by atoms with van der Waals surface area (Å²) in [6.45, 7) is 0. The van der Waals surface area contributed by atoms with Gasteiger partial charge < -0.3 is 0 Å². The molecular formula is C17H13N5O5S. The number of benzene rings is 3. The van der Waals surface area contributed by atoms with Gasteiger partial charge in [-0.2, -0.15) is 23.8 Å². The van der Waals surface area contributed by atoms with Crippen molar-refractivity contribution in [1.29, 1.82) is 0 Å². The van der Waals surface area contributed by atoms with Gasteiger partial charge >= 0.3 is 0 Å². The second kappa shape index (κ2) is 7.58. The largest absolute Gasteiger partial charge is 0.294 e. The fourth-order valence-corrected chi connectivity index (χ4v) is 3.00. The van der Waals surface area contributed by atoms with E-state index in [1.165, 1.54) is 49.5 Å². The van der Waals surface area contributed by atoms with Gasteiger partial charge in [0.25, 0.3) is 15.8 Å². The predicted octanol–water partition coefficient (Wildman–Crippen LogP) is 5.12. The molecule has 1 N–H and O–H groups in total. The number of azo groups is 2. The SMILES string of the molecule is CN=Nc1ccc(N=Nc2ccc([N+](=O)[O-])cc2)c2ccc(S(=O)(=O)O)cc12. The molecule has 0 saturated carbocycles. The molecule has 3 aromatic rings. The maximum absolute atomic E-state index is 11.4. The lowest BCUT2D eigenvalue weighted by Gasteiger charge is -2.06. The molecule has 0 bridgehead atoms. The van der Waals surface area contributed by atoms with Crippen LogP contribution in [0.5, 0.6) is 0 Å². The Morgan fingerprint density at radius 2 is 1.54 bits per heavy atom. The summed E-state index contributed by atoms with van der Waals surface area (Å²) in [5.41, 5.74) is 1.17. The summed E-state index contributed by atoms with van der Waals surface area (Å²) in [7, 11) is -2.91. The summed E-state index contributed by atoms with van der Waals surface area (Å²) in [5.74, 6) is 0. The second-order valence-electron chi connectivity index (χ2n) is 5.56. The topological polar surface area (TPSA) is 147 Å². The molecule has 0 heterocycles. The fraction of sp³-hybridized carbons (Fsp3) is 0.0588. The number of non-ortho nitro benzene ring substituents is 1. The lowest BCUT2D eigenvalue weighted by molar-refractivity contribution is -0.384. The molecule has 0 aromatic heterocycles. The molecule has 10 nitrogen and oxygen atoms in total. The Labute approximate surface area is 159 Å². The highest BCUT2D eigenvalue weighted by atomic mass is 32.2. The number of nitro benzene ring substituents is 1. The van der Waals surface area contributed by atoms with Crippen LogP contribution >= 0.6 is 0 Å². The Kier molecular flexibility index (Phi) is 5.20. The lowest BCUT2D eigenvalue weighted by Crippen LogP contribution is -1.97. The Hall–Kier alpha value is -3.57. The summed E-state index contributed by atoms with van der Waals surface area (Å²) < 4.78 is 32.1. The van der Waals surface area contributed by atoms with Gasteiger partial charge in [-0.3, -0.25) is 14.7 Å². The van der Waals surface area contributed by atoms with E-state index in [1.807, 2.05) is 0 Å². The third-order valence-electron chi connectivity index (χ3n) is 3.78. The fourth-order valence-electron chi connectivity index (χ4n) is 2.49. The first kappa shape index (κ1) is 19.2. The van der Waals surface area contributed by atoms with Gasteiger partial charge in [0.2, 0.25) is 0 Å². The van der Waals surface area contributed by atoms with Crippen molar-refractivity contribution >= 4 is 43.6 Å². The molecule has 0 spiro atoms.